The predicted octanol–water partition coefficient (Wildman–Crippen LogP) is 1.18. The van der Waals surface area contributed by atoms with Crippen LogP contribution in [0.25, 0.3) is 0 Å². The third-order valence-electron chi connectivity index (χ3n) is 2.39. The summed E-state index contributed by atoms with van der Waals surface area (Å²) in [6.07, 6.45) is 2.63. The third kappa shape index (κ3) is 1.25. The molecule has 0 radical (unpaired) electrons. The predicted molar refractivity (Wildman–Crippen MR) is 48.5 cm³/mol. The fourth-order valence-electron chi connectivity index (χ4n) is 1.58. The molecule has 14 heavy (non-hydrogen) atoms. The van der Waals surface area contributed by atoms with Crippen molar-refractivity contribution in [1.82, 2.24) is 9.55 Å². The molecule has 0 aromatic carbocycles. The lowest BCUT2D eigenvalue weighted by molar-refractivity contribution is 0.0687. The number of rotatable bonds is 3. The molecule has 1 aliphatic carbocycles. The zero-order chi connectivity index (χ0) is 10.3. The van der Waals surface area contributed by atoms with Crippen LogP contribution < -0.4 is 0 Å². The highest BCUT2D eigenvalue weighted by atomic mass is 16.4. The van der Waals surface area contributed by atoms with Crippen molar-refractivity contribution in [1.29, 1.82) is 0 Å². The Bertz CT molecular complexity index is 380. The smallest absolute Gasteiger partial charge is 0.360 e. The Balaban J connectivity index is 2.50. The molecule has 0 unspecified atom stereocenters. The Kier molecular flexibility index (Phi) is 1.94. The monoisotopic (exact) mass is 196 g/mol. The first-order valence-electron chi connectivity index (χ1n) is 4.68. The molecular formula is C9H12N2O3. The minimum absolute atomic E-state index is 0.197. The van der Waals surface area contributed by atoms with Gasteiger partial charge in [-0.1, -0.05) is 6.92 Å². The van der Waals surface area contributed by atoms with Gasteiger partial charge in [-0.2, -0.15) is 0 Å². The van der Waals surface area contributed by atoms with E-state index in [4.69, 9.17) is 5.11 Å². The lowest BCUT2D eigenvalue weighted by Gasteiger charge is -2.04. The van der Waals surface area contributed by atoms with Gasteiger partial charge in [0.15, 0.2) is 0 Å². The first-order valence-corrected chi connectivity index (χ1v) is 4.68. The lowest BCUT2D eigenvalue weighted by Crippen LogP contribution is -1.99. The van der Waals surface area contributed by atoms with E-state index >= 15 is 0 Å². The highest BCUT2D eigenvalue weighted by Crippen LogP contribution is 2.40. The van der Waals surface area contributed by atoms with Crippen LogP contribution in [0, 0.1) is 0 Å². The molecular weight excluding hydrogens is 184 g/mol. The molecule has 1 saturated carbocycles. The fourth-order valence-corrected chi connectivity index (χ4v) is 1.58. The van der Waals surface area contributed by atoms with Gasteiger partial charge in [-0.25, -0.2) is 9.78 Å². The summed E-state index contributed by atoms with van der Waals surface area (Å²) in [7, 11) is 0. The topological polar surface area (TPSA) is 75.3 Å². The molecule has 0 saturated heterocycles. The van der Waals surface area contributed by atoms with Crippen LogP contribution in [0.4, 0.5) is 0 Å². The van der Waals surface area contributed by atoms with Gasteiger partial charge >= 0.3 is 5.97 Å². The Morgan fingerprint density at radius 1 is 1.64 bits per heavy atom. The number of carboxylic acids is 1. The van der Waals surface area contributed by atoms with E-state index in [9.17, 15) is 9.90 Å². The van der Waals surface area contributed by atoms with Gasteiger partial charge in [0.05, 0.1) is 0 Å². The molecule has 5 nitrogen and oxygen atoms in total. The van der Waals surface area contributed by atoms with E-state index in [0.717, 1.165) is 12.8 Å². The standard InChI is InChI=1S/C9H12N2O3/c1-2-6-10-7(9(13)14)8(12)11(6)5-3-4-5/h5,12H,2-4H2,1H3,(H,13,14). The maximum Gasteiger partial charge on any atom is 0.360 e. The lowest BCUT2D eigenvalue weighted by atomic mass is 10.4. The minimum atomic E-state index is -1.17. The summed E-state index contributed by atoms with van der Waals surface area (Å²) in [5, 5.41) is 18.4. The van der Waals surface area contributed by atoms with Crippen molar-refractivity contribution in [3.63, 3.8) is 0 Å². The van der Waals surface area contributed by atoms with Gasteiger partial charge in [0.2, 0.25) is 11.6 Å². The molecule has 1 aromatic rings. The van der Waals surface area contributed by atoms with E-state index in [1.165, 1.54) is 0 Å². The van der Waals surface area contributed by atoms with Gasteiger partial charge in [0.1, 0.15) is 5.82 Å². The maximum atomic E-state index is 10.7. The number of carbonyl (C=O) groups is 1. The molecule has 1 aliphatic rings. The number of hydrogen-bond donors (Lipinski definition) is 2. The van der Waals surface area contributed by atoms with Gasteiger partial charge in [-0.15, -0.1) is 0 Å². The summed E-state index contributed by atoms with van der Waals surface area (Å²) in [6, 6.07) is 0.255. The summed E-state index contributed by atoms with van der Waals surface area (Å²) in [6.45, 7) is 1.90. The minimum Gasteiger partial charge on any atom is -0.493 e. The van der Waals surface area contributed by atoms with E-state index in [-0.39, 0.29) is 17.6 Å². The van der Waals surface area contributed by atoms with Crippen molar-refractivity contribution >= 4 is 5.97 Å². The molecule has 5 heteroatoms. The van der Waals surface area contributed by atoms with Crippen LogP contribution >= 0.6 is 0 Å². The van der Waals surface area contributed by atoms with Crippen LogP contribution in [0.15, 0.2) is 0 Å². The summed E-state index contributed by atoms with van der Waals surface area (Å²) < 4.78 is 1.64. The van der Waals surface area contributed by atoms with Crippen molar-refractivity contribution in [2.24, 2.45) is 0 Å². The molecule has 0 amide bonds. The number of aromatic nitrogens is 2. The van der Waals surface area contributed by atoms with Crippen LogP contribution in [-0.4, -0.2) is 25.7 Å². The molecule has 0 spiro atoms. The normalized spacial score (nSPS) is 15.8. The number of aromatic carboxylic acids is 1. The number of hydrogen-bond acceptors (Lipinski definition) is 3. The van der Waals surface area contributed by atoms with Crippen LogP contribution in [0.3, 0.4) is 0 Å². The number of carboxylic acid groups (broad SMARTS) is 1. The Morgan fingerprint density at radius 3 is 2.71 bits per heavy atom. The van der Waals surface area contributed by atoms with Crippen molar-refractivity contribution in [3.8, 4) is 5.88 Å². The van der Waals surface area contributed by atoms with E-state index in [2.05, 4.69) is 4.98 Å². The fraction of sp³-hybridized carbons (Fsp3) is 0.556. The highest BCUT2D eigenvalue weighted by molar-refractivity contribution is 5.88. The van der Waals surface area contributed by atoms with Crippen molar-refractivity contribution in [2.45, 2.75) is 32.2 Å². The van der Waals surface area contributed by atoms with Crippen LogP contribution in [0.1, 0.15) is 42.1 Å². The number of imidazole rings is 1. The first kappa shape index (κ1) is 9.05. The van der Waals surface area contributed by atoms with Gasteiger partial charge in [-0.05, 0) is 12.8 Å². The molecule has 2 N–H and O–H groups in total. The second-order valence-electron chi connectivity index (χ2n) is 3.46. The molecule has 76 valence electrons. The molecule has 0 bridgehead atoms. The molecule has 0 atom stereocenters. The molecule has 1 heterocycles. The number of nitrogens with zero attached hydrogens (tertiary/aromatic N) is 2. The Morgan fingerprint density at radius 2 is 2.29 bits per heavy atom. The summed E-state index contributed by atoms with van der Waals surface area (Å²) >= 11 is 0. The second-order valence-corrected chi connectivity index (χ2v) is 3.46. The molecule has 2 rings (SSSR count). The van der Waals surface area contributed by atoms with E-state index in [0.29, 0.717) is 12.2 Å². The number of aromatic hydroxyl groups is 1. The van der Waals surface area contributed by atoms with Gasteiger partial charge in [0.25, 0.3) is 0 Å². The van der Waals surface area contributed by atoms with Gasteiger partial charge in [0, 0.05) is 12.5 Å². The second kappa shape index (κ2) is 3.01. The zero-order valence-electron chi connectivity index (χ0n) is 7.90. The quantitative estimate of drug-likeness (QED) is 0.761. The van der Waals surface area contributed by atoms with Gasteiger partial charge < -0.3 is 10.2 Å². The Hall–Kier alpha value is -1.52. The molecule has 0 aliphatic heterocycles. The van der Waals surface area contributed by atoms with Crippen molar-refractivity contribution in [2.75, 3.05) is 0 Å². The van der Waals surface area contributed by atoms with E-state index in [1.54, 1.807) is 4.57 Å². The maximum absolute atomic E-state index is 10.7. The summed E-state index contributed by atoms with van der Waals surface area (Å²) in [4.78, 5) is 14.6. The molecule has 1 fully saturated rings. The van der Waals surface area contributed by atoms with Crippen LogP contribution in [-0.2, 0) is 6.42 Å². The van der Waals surface area contributed by atoms with Crippen LogP contribution in [0.2, 0.25) is 0 Å². The van der Waals surface area contributed by atoms with E-state index < -0.39 is 5.97 Å². The number of aryl methyl sites for hydroxylation is 1. The summed E-state index contributed by atoms with van der Waals surface area (Å²) in [5.41, 5.74) is -0.228. The molecule has 1 aromatic heterocycles. The van der Waals surface area contributed by atoms with E-state index in [1.807, 2.05) is 6.92 Å². The SMILES string of the molecule is CCc1nc(C(=O)O)c(O)n1C1CC1. The van der Waals surface area contributed by atoms with Gasteiger partial charge in [-0.3, -0.25) is 4.57 Å². The van der Waals surface area contributed by atoms with Crippen molar-refractivity contribution in [3.05, 3.63) is 11.5 Å². The average Bonchev–Trinajstić information content (AvgIpc) is 2.90. The third-order valence-corrected chi connectivity index (χ3v) is 2.39. The first-order chi connectivity index (χ1) is 6.65. The Labute approximate surface area is 81.0 Å². The van der Waals surface area contributed by atoms with Crippen LogP contribution in [0.5, 0.6) is 5.88 Å². The average molecular weight is 196 g/mol. The summed E-state index contributed by atoms with van der Waals surface area (Å²) in [5.74, 6) is -0.712. The largest absolute Gasteiger partial charge is 0.493 e. The van der Waals surface area contributed by atoms with Crippen molar-refractivity contribution < 1.29 is 15.0 Å². The zero-order valence-corrected chi connectivity index (χ0v) is 7.90. The highest BCUT2D eigenvalue weighted by Gasteiger charge is 2.31.